The smallest absolute Gasteiger partial charge is 0.174 e. The van der Waals surface area contributed by atoms with Crippen LogP contribution >= 0.6 is 0 Å². The van der Waals surface area contributed by atoms with Gasteiger partial charge in [-0.05, 0) is 55.5 Å². The zero-order valence-corrected chi connectivity index (χ0v) is 18.7. The maximum Gasteiger partial charge on any atom is 0.174 e. The summed E-state index contributed by atoms with van der Waals surface area (Å²) >= 11 is 0. The second-order valence-electron chi connectivity index (χ2n) is 7.95. The minimum atomic E-state index is -0.573. The molecule has 2 aromatic rings. The molecule has 1 aliphatic rings. The van der Waals surface area contributed by atoms with Crippen molar-refractivity contribution in [3.63, 3.8) is 0 Å². The lowest BCUT2D eigenvalue weighted by molar-refractivity contribution is 0.0844. The van der Waals surface area contributed by atoms with Crippen molar-refractivity contribution < 1.29 is 24.9 Å². The highest BCUT2D eigenvalue weighted by Gasteiger charge is 2.31. The van der Waals surface area contributed by atoms with Crippen LogP contribution in [-0.2, 0) is 12.8 Å². The van der Waals surface area contributed by atoms with Crippen molar-refractivity contribution in [2.45, 2.75) is 59.5 Å². The normalized spacial score (nSPS) is 14.6. The summed E-state index contributed by atoms with van der Waals surface area (Å²) in [5.74, 6) is -0.345. The molecular weight excluding hydrogens is 392 g/mol. The Morgan fingerprint density at radius 3 is 2.29 bits per heavy atom. The zero-order chi connectivity index (χ0) is 23.1. The molecule has 0 amide bonds. The van der Waals surface area contributed by atoms with Gasteiger partial charge in [0.25, 0.3) is 0 Å². The van der Waals surface area contributed by atoms with Gasteiger partial charge in [-0.1, -0.05) is 38.0 Å². The van der Waals surface area contributed by atoms with Gasteiger partial charge in [0.15, 0.2) is 5.78 Å². The first-order valence-corrected chi connectivity index (χ1v) is 10.6. The summed E-state index contributed by atoms with van der Waals surface area (Å²) in [4.78, 5) is 12.6. The van der Waals surface area contributed by atoms with Gasteiger partial charge in [-0.3, -0.25) is 4.79 Å². The highest BCUT2D eigenvalue weighted by atomic mass is 16.5. The SMILES string of the molecule is C=CCc1cc(C2CC(=O)c3c(O)cc(O)cc3O2)cc(CC=C(C)C)c1O.CCC. The van der Waals surface area contributed by atoms with Crippen molar-refractivity contribution in [1.29, 1.82) is 0 Å². The topological polar surface area (TPSA) is 87.0 Å². The quantitative estimate of drug-likeness (QED) is 0.500. The molecule has 0 saturated carbocycles. The number of rotatable bonds is 5. The molecule has 5 nitrogen and oxygen atoms in total. The van der Waals surface area contributed by atoms with Crippen molar-refractivity contribution in [3.8, 4) is 23.0 Å². The Labute approximate surface area is 184 Å². The van der Waals surface area contributed by atoms with Gasteiger partial charge in [-0.2, -0.15) is 0 Å². The van der Waals surface area contributed by atoms with Crippen LogP contribution in [0.3, 0.4) is 0 Å². The van der Waals surface area contributed by atoms with Crippen LogP contribution in [0, 0.1) is 0 Å². The Hall–Kier alpha value is -3.21. The van der Waals surface area contributed by atoms with Gasteiger partial charge in [-0.25, -0.2) is 0 Å². The number of ether oxygens (including phenoxy) is 1. The van der Waals surface area contributed by atoms with Gasteiger partial charge >= 0.3 is 0 Å². The summed E-state index contributed by atoms with van der Waals surface area (Å²) in [5.41, 5.74) is 3.44. The number of fused-ring (bicyclic) bond motifs is 1. The first kappa shape index (κ1) is 24.1. The summed E-state index contributed by atoms with van der Waals surface area (Å²) in [7, 11) is 0. The number of carbonyl (C=O) groups is 1. The van der Waals surface area contributed by atoms with Crippen molar-refractivity contribution in [2.24, 2.45) is 0 Å². The van der Waals surface area contributed by atoms with Crippen LogP contribution in [0.2, 0.25) is 0 Å². The molecule has 0 aliphatic carbocycles. The van der Waals surface area contributed by atoms with Crippen LogP contribution in [0.1, 0.15) is 73.7 Å². The molecule has 31 heavy (non-hydrogen) atoms. The summed E-state index contributed by atoms with van der Waals surface area (Å²) < 4.78 is 5.94. The van der Waals surface area contributed by atoms with E-state index in [0.717, 1.165) is 22.8 Å². The third-order valence-corrected chi connectivity index (χ3v) is 4.74. The second-order valence-corrected chi connectivity index (χ2v) is 7.95. The number of carbonyl (C=O) groups excluding carboxylic acids is 1. The Balaban J connectivity index is 0.00000107. The van der Waals surface area contributed by atoms with Gasteiger partial charge in [-0.15, -0.1) is 6.58 Å². The van der Waals surface area contributed by atoms with Gasteiger partial charge in [0.05, 0.1) is 6.42 Å². The van der Waals surface area contributed by atoms with E-state index >= 15 is 0 Å². The number of benzene rings is 2. The average Bonchev–Trinajstić information content (AvgIpc) is 2.68. The molecule has 0 spiro atoms. The fraction of sp³-hybridized carbons (Fsp3) is 0.346. The summed E-state index contributed by atoms with van der Waals surface area (Å²) in [6, 6.07) is 6.11. The van der Waals surface area contributed by atoms with Crippen LogP contribution in [-0.4, -0.2) is 21.1 Å². The number of ketones is 1. The molecule has 0 aromatic heterocycles. The lowest BCUT2D eigenvalue weighted by Gasteiger charge is -2.27. The Morgan fingerprint density at radius 2 is 1.71 bits per heavy atom. The zero-order valence-electron chi connectivity index (χ0n) is 18.7. The lowest BCUT2D eigenvalue weighted by atomic mass is 9.91. The first-order valence-electron chi connectivity index (χ1n) is 10.6. The van der Waals surface area contributed by atoms with Crippen LogP contribution in [0.5, 0.6) is 23.0 Å². The van der Waals surface area contributed by atoms with Gasteiger partial charge in [0, 0.05) is 12.1 Å². The Morgan fingerprint density at radius 1 is 1.10 bits per heavy atom. The molecule has 1 atom stereocenters. The van der Waals surface area contributed by atoms with Crippen molar-refractivity contribution >= 4 is 5.78 Å². The van der Waals surface area contributed by atoms with E-state index in [1.165, 1.54) is 12.5 Å². The van der Waals surface area contributed by atoms with Crippen molar-refractivity contribution in [2.75, 3.05) is 0 Å². The monoisotopic (exact) mass is 424 g/mol. The largest absolute Gasteiger partial charge is 0.508 e. The predicted molar refractivity (Wildman–Crippen MR) is 123 cm³/mol. The number of aromatic hydroxyl groups is 3. The standard InChI is InChI=1S/C23H24O5.C3H8/c1-4-5-14-8-16(9-15(23(14)27)7-6-13(2)3)20-12-19(26)22-18(25)10-17(24)11-21(22)28-20;1-3-2/h4,6,8-11,20,24-25,27H,1,5,7,12H2,2-3H3;3H2,1-2H3. The molecule has 0 fully saturated rings. The average molecular weight is 425 g/mol. The van der Waals surface area contributed by atoms with E-state index in [0.29, 0.717) is 18.4 Å². The number of allylic oxidation sites excluding steroid dienone is 3. The molecule has 1 aliphatic heterocycles. The fourth-order valence-corrected chi connectivity index (χ4v) is 3.36. The van der Waals surface area contributed by atoms with Gasteiger partial charge < -0.3 is 20.1 Å². The first-order chi connectivity index (χ1) is 14.7. The third-order valence-electron chi connectivity index (χ3n) is 4.74. The minimum Gasteiger partial charge on any atom is -0.508 e. The highest BCUT2D eigenvalue weighted by molar-refractivity contribution is 6.02. The van der Waals surface area contributed by atoms with E-state index < -0.39 is 6.10 Å². The second kappa shape index (κ2) is 10.7. The van der Waals surface area contributed by atoms with Crippen LogP contribution < -0.4 is 4.74 Å². The molecule has 3 N–H and O–H groups in total. The van der Waals surface area contributed by atoms with Crippen LogP contribution in [0.4, 0.5) is 0 Å². The minimum absolute atomic E-state index is 0.0612. The summed E-state index contributed by atoms with van der Waals surface area (Å²) in [6.07, 6.45) is 5.52. The predicted octanol–water partition coefficient (Wildman–Crippen LogP) is 6.16. The molecule has 0 radical (unpaired) electrons. The highest BCUT2D eigenvalue weighted by Crippen LogP contribution is 2.42. The van der Waals surface area contributed by atoms with E-state index in [1.807, 2.05) is 32.1 Å². The van der Waals surface area contributed by atoms with Crippen LogP contribution in [0.15, 0.2) is 48.6 Å². The number of hydrogen-bond acceptors (Lipinski definition) is 5. The number of phenolic OH excluding ortho intramolecular Hbond substituents is 3. The summed E-state index contributed by atoms with van der Waals surface area (Å²) in [5, 5.41) is 30.3. The maximum absolute atomic E-state index is 12.6. The molecule has 0 saturated heterocycles. The van der Waals surface area contributed by atoms with E-state index in [1.54, 1.807) is 6.08 Å². The molecule has 1 heterocycles. The molecule has 3 rings (SSSR count). The summed E-state index contributed by atoms with van der Waals surface area (Å²) in [6.45, 7) is 12.0. The lowest BCUT2D eigenvalue weighted by Crippen LogP contribution is -2.21. The number of Topliss-reactive ketones (excluding diaryl/α,β-unsaturated/α-hetero) is 1. The van der Waals surface area contributed by atoms with E-state index in [4.69, 9.17) is 4.74 Å². The van der Waals surface area contributed by atoms with Gasteiger partial charge in [0.1, 0.15) is 34.7 Å². The van der Waals surface area contributed by atoms with E-state index in [-0.39, 0.29) is 40.8 Å². The van der Waals surface area contributed by atoms with Crippen LogP contribution in [0.25, 0.3) is 0 Å². The molecule has 5 heteroatoms. The molecule has 0 bridgehead atoms. The van der Waals surface area contributed by atoms with Crippen molar-refractivity contribution in [3.05, 3.63) is 70.8 Å². The molecule has 2 aromatic carbocycles. The molecule has 166 valence electrons. The molecular formula is C26H32O5. The van der Waals surface area contributed by atoms with Crippen molar-refractivity contribution in [1.82, 2.24) is 0 Å². The van der Waals surface area contributed by atoms with E-state index in [2.05, 4.69) is 20.4 Å². The third kappa shape index (κ3) is 5.91. The maximum atomic E-state index is 12.6. The number of phenols is 3. The Kier molecular flexibility index (Phi) is 8.31. The van der Waals surface area contributed by atoms with Gasteiger partial charge in [0.2, 0.25) is 0 Å². The fourth-order valence-electron chi connectivity index (χ4n) is 3.36. The number of hydrogen-bond donors (Lipinski definition) is 3. The molecule has 1 unspecified atom stereocenters. The van der Waals surface area contributed by atoms with E-state index in [9.17, 15) is 20.1 Å². The Bertz CT molecular complexity index is 984.